The number of halogens is 1. The zero-order valence-corrected chi connectivity index (χ0v) is 9.94. The van der Waals surface area contributed by atoms with Crippen LogP contribution in [0.4, 0.5) is 0 Å². The van der Waals surface area contributed by atoms with Gasteiger partial charge in [-0.2, -0.15) is 5.26 Å². The number of aliphatic hydroxyl groups is 1. The van der Waals surface area contributed by atoms with E-state index in [1.54, 1.807) is 11.6 Å². The fraction of sp³-hybridized carbons (Fsp3) is 0.167. The Bertz CT molecular complexity index is 637. The lowest BCUT2D eigenvalue weighted by Crippen LogP contribution is -1.99. The lowest BCUT2D eigenvalue weighted by Gasteiger charge is -2.02. The minimum atomic E-state index is -0.160. The van der Waals surface area contributed by atoms with Crippen molar-refractivity contribution in [2.75, 3.05) is 5.88 Å². The molecule has 0 atom stereocenters. The second kappa shape index (κ2) is 4.48. The molecule has 0 unspecified atom stereocenters. The summed E-state index contributed by atoms with van der Waals surface area (Å²) in [7, 11) is 1.80. The van der Waals surface area contributed by atoms with Crippen molar-refractivity contribution in [1.82, 2.24) is 9.55 Å². The summed E-state index contributed by atoms with van der Waals surface area (Å²) in [6.07, 6.45) is 0. The highest BCUT2D eigenvalue weighted by Crippen LogP contribution is 2.21. The van der Waals surface area contributed by atoms with Gasteiger partial charge in [0.2, 0.25) is 0 Å². The Kier molecular flexibility index (Phi) is 3.03. The van der Waals surface area contributed by atoms with Gasteiger partial charge in [0.05, 0.1) is 16.9 Å². The molecule has 2 rings (SSSR count). The number of nitrogens with zero attached hydrogens (tertiary/aromatic N) is 3. The number of para-hydroxylation sites is 2. The van der Waals surface area contributed by atoms with Gasteiger partial charge in [-0.3, -0.25) is 0 Å². The fourth-order valence-corrected chi connectivity index (χ4v) is 1.81. The van der Waals surface area contributed by atoms with Gasteiger partial charge in [-0.25, -0.2) is 4.98 Å². The predicted molar refractivity (Wildman–Crippen MR) is 66.6 cm³/mol. The number of nitriles is 1. The lowest BCUT2D eigenvalue weighted by atomic mass is 10.2. The molecule has 0 bridgehead atoms. The number of alkyl halides is 1. The molecule has 1 aromatic heterocycles. The van der Waals surface area contributed by atoms with Crippen LogP contribution in [0.2, 0.25) is 0 Å². The van der Waals surface area contributed by atoms with E-state index in [1.807, 2.05) is 30.3 Å². The summed E-state index contributed by atoms with van der Waals surface area (Å²) in [5, 5.41) is 18.6. The first-order valence-electron chi connectivity index (χ1n) is 4.99. The molecule has 4 nitrogen and oxygen atoms in total. The molecular formula is C12H10ClN3O. The Balaban J connectivity index is 2.72. The van der Waals surface area contributed by atoms with Gasteiger partial charge in [-0.1, -0.05) is 12.1 Å². The van der Waals surface area contributed by atoms with Crippen LogP contribution in [0, 0.1) is 11.3 Å². The zero-order valence-electron chi connectivity index (χ0n) is 9.18. The Morgan fingerprint density at radius 2 is 2.24 bits per heavy atom. The fourth-order valence-electron chi connectivity index (χ4n) is 1.68. The first kappa shape index (κ1) is 11.5. The summed E-state index contributed by atoms with van der Waals surface area (Å²) >= 11 is 5.53. The number of hydrogen-bond acceptors (Lipinski definition) is 3. The summed E-state index contributed by atoms with van der Waals surface area (Å²) in [4.78, 5) is 4.32. The van der Waals surface area contributed by atoms with E-state index in [0.29, 0.717) is 5.82 Å². The standard InChI is InChI=1S/C12H10ClN3O/c1-16-10-5-3-2-4-9(10)15-12(16)8(7-14)11(17)6-13/h2-5,17H,6H2,1H3/b11-8+. The Labute approximate surface area is 103 Å². The van der Waals surface area contributed by atoms with E-state index in [2.05, 4.69) is 4.98 Å². The van der Waals surface area contributed by atoms with Crippen molar-refractivity contribution in [2.45, 2.75) is 0 Å². The number of benzene rings is 1. The molecular weight excluding hydrogens is 238 g/mol. The van der Waals surface area contributed by atoms with Gasteiger partial charge in [0.1, 0.15) is 17.4 Å². The van der Waals surface area contributed by atoms with Crippen LogP contribution in [0.1, 0.15) is 5.82 Å². The number of hydrogen-bond donors (Lipinski definition) is 1. The second-order valence-corrected chi connectivity index (χ2v) is 3.82. The number of rotatable bonds is 2. The Morgan fingerprint density at radius 3 is 2.82 bits per heavy atom. The van der Waals surface area contributed by atoms with E-state index < -0.39 is 0 Å². The number of imidazole rings is 1. The molecule has 1 aromatic carbocycles. The Hall–Kier alpha value is -1.99. The molecule has 86 valence electrons. The smallest absolute Gasteiger partial charge is 0.155 e. The van der Waals surface area contributed by atoms with Crippen molar-refractivity contribution in [3.8, 4) is 6.07 Å². The molecule has 1 heterocycles. The SMILES string of the molecule is Cn1c(/C(C#N)=C(/O)CCl)nc2ccccc21. The average molecular weight is 248 g/mol. The highest BCUT2D eigenvalue weighted by molar-refractivity contribution is 6.19. The minimum absolute atomic E-state index is 0.105. The second-order valence-electron chi connectivity index (χ2n) is 3.55. The van der Waals surface area contributed by atoms with Crippen LogP contribution in [0.3, 0.4) is 0 Å². The summed E-state index contributed by atoms with van der Waals surface area (Å²) in [6.45, 7) is 0. The van der Waals surface area contributed by atoms with E-state index in [9.17, 15) is 5.11 Å². The summed E-state index contributed by atoms with van der Waals surface area (Å²) in [5.41, 5.74) is 1.79. The van der Waals surface area contributed by atoms with Crippen molar-refractivity contribution < 1.29 is 5.11 Å². The van der Waals surface area contributed by atoms with Gasteiger partial charge < -0.3 is 9.67 Å². The van der Waals surface area contributed by atoms with E-state index in [-0.39, 0.29) is 17.2 Å². The molecule has 2 aromatic rings. The summed E-state index contributed by atoms with van der Waals surface area (Å²) < 4.78 is 1.76. The third-order valence-corrected chi connectivity index (χ3v) is 2.79. The molecule has 0 fully saturated rings. The maximum absolute atomic E-state index is 9.59. The van der Waals surface area contributed by atoms with Gasteiger partial charge in [0.25, 0.3) is 0 Å². The van der Waals surface area contributed by atoms with Crippen LogP contribution in [-0.4, -0.2) is 20.5 Å². The van der Waals surface area contributed by atoms with Crippen molar-refractivity contribution in [1.29, 1.82) is 5.26 Å². The van der Waals surface area contributed by atoms with Crippen molar-refractivity contribution >= 4 is 28.2 Å². The van der Waals surface area contributed by atoms with Crippen molar-refractivity contribution in [3.63, 3.8) is 0 Å². The van der Waals surface area contributed by atoms with Crippen molar-refractivity contribution in [3.05, 3.63) is 35.8 Å². The Morgan fingerprint density at radius 1 is 1.53 bits per heavy atom. The molecule has 0 aliphatic heterocycles. The number of allylic oxidation sites excluding steroid dienone is 2. The maximum Gasteiger partial charge on any atom is 0.155 e. The van der Waals surface area contributed by atoms with Crippen LogP contribution < -0.4 is 0 Å². The van der Waals surface area contributed by atoms with Gasteiger partial charge in [0.15, 0.2) is 5.82 Å². The predicted octanol–water partition coefficient (Wildman–Crippen LogP) is 2.60. The molecule has 0 radical (unpaired) electrons. The summed E-state index contributed by atoms with van der Waals surface area (Å²) in [5.74, 6) is 0.158. The van der Waals surface area contributed by atoms with Crippen molar-refractivity contribution in [2.24, 2.45) is 7.05 Å². The van der Waals surface area contributed by atoms with Crippen LogP contribution >= 0.6 is 11.6 Å². The lowest BCUT2D eigenvalue weighted by molar-refractivity contribution is 0.419. The van der Waals surface area contributed by atoms with Gasteiger partial charge in [-0.05, 0) is 12.1 Å². The van der Waals surface area contributed by atoms with Crippen LogP contribution in [0.5, 0.6) is 0 Å². The average Bonchev–Trinajstić information content (AvgIpc) is 2.68. The third kappa shape index (κ3) is 1.85. The highest BCUT2D eigenvalue weighted by Gasteiger charge is 2.15. The van der Waals surface area contributed by atoms with E-state index in [0.717, 1.165) is 11.0 Å². The quantitative estimate of drug-likeness (QED) is 0.504. The van der Waals surface area contributed by atoms with E-state index in [4.69, 9.17) is 16.9 Å². The van der Waals surface area contributed by atoms with Gasteiger partial charge in [-0.15, -0.1) is 11.6 Å². The topological polar surface area (TPSA) is 61.8 Å². The molecule has 0 saturated carbocycles. The molecule has 0 aliphatic carbocycles. The van der Waals surface area contributed by atoms with Crippen LogP contribution in [0.25, 0.3) is 16.6 Å². The molecule has 0 saturated heterocycles. The van der Waals surface area contributed by atoms with Crippen LogP contribution in [-0.2, 0) is 7.05 Å². The van der Waals surface area contributed by atoms with Crippen LogP contribution in [0.15, 0.2) is 30.0 Å². The maximum atomic E-state index is 9.59. The molecule has 0 amide bonds. The third-order valence-electron chi connectivity index (χ3n) is 2.54. The zero-order chi connectivity index (χ0) is 12.4. The molecule has 5 heteroatoms. The first-order chi connectivity index (χ1) is 8.19. The molecule has 0 aliphatic rings. The largest absolute Gasteiger partial charge is 0.510 e. The van der Waals surface area contributed by atoms with E-state index in [1.165, 1.54) is 0 Å². The summed E-state index contributed by atoms with van der Waals surface area (Å²) in [6, 6.07) is 9.45. The highest BCUT2D eigenvalue weighted by atomic mass is 35.5. The number of aromatic nitrogens is 2. The number of aliphatic hydroxyl groups excluding tert-OH is 1. The van der Waals surface area contributed by atoms with E-state index >= 15 is 0 Å². The first-order valence-corrected chi connectivity index (χ1v) is 5.52. The normalized spacial score (nSPS) is 12.3. The van der Waals surface area contributed by atoms with Gasteiger partial charge in [0, 0.05) is 7.05 Å². The number of aryl methyl sites for hydroxylation is 1. The van der Waals surface area contributed by atoms with Gasteiger partial charge >= 0.3 is 0 Å². The number of fused-ring (bicyclic) bond motifs is 1. The molecule has 17 heavy (non-hydrogen) atoms. The molecule has 1 N–H and O–H groups in total. The molecule has 0 spiro atoms. The minimum Gasteiger partial charge on any atom is -0.510 e. The monoisotopic (exact) mass is 247 g/mol.